The average molecular weight is 343 g/mol. The summed E-state index contributed by atoms with van der Waals surface area (Å²) in [6, 6.07) is 0. The Morgan fingerprint density at radius 2 is 2.00 bits per heavy atom. The molecule has 2 saturated heterocycles. The SMILES string of the molecule is CN1CCN(C(=O)c2cnc(C3CC3)nc2)CC12CCNC(=O)CC2. The molecule has 0 radical (unpaired) electrons. The molecule has 1 atom stereocenters. The summed E-state index contributed by atoms with van der Waals surface area (Å²) in [5.74, 6) is 1.46. The Morgan fingerprint density at radius 1 is 1.24 bits per heavy atom. The zero-order valence-electron chi connectivity index (χ0n) is 14.7. The first-order chi connectivity index (χ1) is 12.1. The van der Waals surface area contributed by atoms with Crippen LogP contribution in [0.3, 0.4) is 0 Å². The zero-order chi connectivity index (χ0) is 17.4. The number of likely N-dealkylation sites (N-methyl/N-ethyl adjacent to an activating group) is 1. The van der Waals surface area contributed by atoms with Gasteiger partial charge in [-0.1, -0.05) is 0 Å². The Balaban J connectivity index is 1.49. The zero-order valence-corrected chi connectivity index (χ0v) is 14.7. The van der Waals surface area contributed by atoms with Crippen molar-refractivity contribution in [1.29, 1.82) is 0 Å². The van der Waals surface area contributed by atoms with E-state index in [4.69, 9.17) is 0 Å². The molecule has 3 aliphatic rings. The summed E-state index contributed by atoms with van der Waals surface area (Å²) in [4.78, 5) is 37.6. The fourth-order valence-corrected chi connectivity index (χ4v) is 3.95. The second-order valence-electron chi connectivity index (χ2n) is 7.58. The monoisotopic (exact) mass is 343 g/mol. The van der Waals surface area contributed by atoms with Crippen LogP contribution in [0.4, 0.5) is 0 Å². The first-order valence-corrected chi connectivity index (χ1v) is 9.17. The number of nitrogens with zero attached hydrogens (tertiary/aromatic N) is 4. The summed E-state index contributed by atoms with van der Waals surface area (Å²) in [6.45, 7) is 2.84. The minimum atomic E-state index is -0.123. The van der Waals surface area contributed by atoms with Crippen molar-refractivity contribution < 1.29 is 9.59 Å². The molecule has 4 rings (SSSR count). The van der Waals surface area contributed by atoms with E-state index in [2.05, 4.69) is 27.2 Å². The van der Waals surface area contributed by atoms with Gasteiger partial charge in [0.1, 0.15) is 5.82 Å². The quantitative estimate of drug-likeness (QED) is 0.859. The molecular weight excluding hydrogens is 318 g/mol. The van der Waals surface area contributed by atoms with Crippen molar-refractivity contribution in [2.45, 2.75) is 43.6 Å². The van der Waals surface area contributed by atoms with Crippen LogP contribution in [0, 0.1) is 0 Å². The Bertz CT molecular complexity index is 673. The summed E-state index contributed by atoms with van der Waals surface area (Å²) in [7, 11) is 2.10. The number of aromatic nitrogens is 2. The molecule has 1 spiro atoms. The number of amides is 2. The fraction of sp³-hybridized carbons (Fsp3) is 0.667. The van der Waals surface area contributed by atoms with Gasteiger partial charge in [-0.15, -0.1) is 0 Å². The second kappa shape index (κ2) is 6.37. The van der Waals surface area contributed by atoms with Gasteiger partial charge in [-0.2, -0.15) is 0 Å². The highest BCUT2D eigenvalue weighted by Gasteiger charge is 2.42. The van der Waals surface area contributed by atoms with Crippen molar-refractivity contribution >= 4 is 11.8 Å². The van der Waals surface area contributed by atoms with Gasteiger partial charge in [-0.05, 0) is 32.7 Å². The summed E-state index contributed by atoms with van der Waals surface area (Å²) >= 11 is 0. The van der Waals surface area contributed by atoms with Gasteiger partial charge in [0.05, 0.1) is 5.56 Å². The third-order valence-electron chi connectivity index (χ3n) is 5.88. The predicted molar refractivity (Wildman–Crippen MR) is 92.1 cm³/mol. The van der Waals surface area contributed by atoms with Crippen molar-refractivity contribution in [2.75, 3.05) is 33.2 Å². The van der Waals surface area contributed by atoms with Gasteiger partial charge in [0, 0.05) is 56.5 Å². The lowest BCUT2D eigenvalue weighted by Crippen LogP contribution is -2.62. The second-order valence-corrected chi connectivity index (χ2v) is 7.58. The van der Waals surface area contributed by atoms with E-state index in [1.165, 1.54) is 0 Å². The van der Waals surface area contributed by atoms with Crippen LogP contribution in [0.25, 0.3) is 0 Å². The Hall–Kier alpha value is -2.02. The third kappa shape index (κ3) is 3.25. The van der Waals surface area contributed by atoms with Gasteiger partial charge in [-0.3, -0.25) is 14.5 Å². The van der Waals surface area contributed by atoms with E-state index < -0.39 is 0 Å². The summed E-state index contributed by atoms with van der Waals surface area (Å²) in [5, 5.41) is 2.95. The molecule has 1 aromatic rings. The average Bonchev–Trinajstić information content (AvgIpc) is 3.47. The lowest BCUT2D eigenvalue weighted by atomic mass is 9.86. The van der Waals surface area contributed by atoms with Crippen molar-refractivity contribution in [3.63, 3.8) is 0 Å². The number of hydrogen-bond acceptors (Lipinski definition) is 5. The van der Waals surface area contributed by atoms with Crippen LogP contribution in [0.15, 0.2) is 12.4 Å². The van der Waals surface area contributed by atoms with E-state index >= 15 is 0 Å². The van der Waals surface area contributed by atoms with E-state index in [0.717, 1.165) is 38.1 Å². The van der Waals surface area contributed by atoms with Gasteiger partial charge in [0.25, 0.3) is 5.91 Å². The number of carbonyl (C=O) groups excluding carboxylic acids is 2. The van der Waals surface area contributed by atoms with Crippen LogP contribution in [-0.2, 0) is 4.79 Å². The van der Waals surface area contributed by atoms with E-state index in [-0.39, 0.29) is 17.4 Å². The molecule has 3 fully saturated rings. The van der Waals surface area contributed by atoms with Gasteiger partial charge >= 0.3 is 0 Å². The minimum Gasteiger partial charge on any atom is -0.356 e. The van der Waals surface area contributed by atoms with Gasteiger partial charge in [-0.25, -0.2) is 9.97 Å². The van der Waals surface area contributed by atoms with Gasteiger partial charge in [0.2, 0.25) is 5.91 Å². The molecule has 0 aromatic carbocycles. The maximum atomic E-state index is 12.9. The lowest BCUT2D eigenvalue weighted by Gasteiger charge is -2.49. The van der Waals surface area contributed by atoms with Crippen LogP contribution in [0.2, 0.25) is 0 Å². The van der Waals surface area contributed by atoms with Crippen molar-refractivity contribution in [3.05, 3.63) is 23.8 Å². The van der Waals surface area contributed by atoms with E-state index in [0.29, 0.717) is 37.5 Å². The van der Waals surface area contributed by atoms with E-state index in [9.17, 15) is 9.59 Å². The highest BCUT2D eigenvalue weighted by atomic mass is 16.2. The molecule has 2 amide bonds. The molecule has 1 aromatic heterocycles. The first-order valence-electron chi connectivity index (χ1n) is 9.17. The van der Waals surface area contributed by atoms with Crippen LogP contribution in [-0.4, -0.2) is 70.3 Å². The standard InChI is InChI=1S/C18H25N5O2/c1-22-8-9-23(12-18(22)5-4-15(24)19-7-6-18)17(25)14-10-20-16(21-11-14)13-2-3-13/h10-11,13H,2-9,12H2,1H3,(H,19,24). The van der Waals surface area contributed by atoms with Crippen molar-refractivity contribution in [1.82, 2.24) is 25.1 Å². The van der Waals surface area contributed by atoms with Crippen LogP contribution in [0.5, 0.6) is 0 Å². The number of rotatable bonds is 2. The molecule has 0 bridgehead atoms. The molecule has 3 heterocycles. The molecular formula is C18H25N5O2. The fourth-order valence-electron chi connectivity index (χ4n) is 3.95. The highest BCUT2D eigenvalue weighted by molar-refractivity contribution is 5.93. The first kappa shape index (κ1) is 16.4. The van der Waals surface area contributed by atoms with Crippen molar-refractivity contribution in [3.8, 4) is 0 Å². The summed E-state index contributed by atoms with van der Waals surface area (Å²) < 4.78 is 0. The normalized spacial score (nSPS) is 27.9. The number of piperazine rings is 1. The maximum Gasteiger partial charge on any atom is 0.257 e. The largest absolute Gasteiger partial charge is 0.356 e. The Morgan fingerprint density at radius 3 is 2.72 bits per heavy atom. The molecule has 1 aliphatic carbocycles. The van der Waals surface area contributed by atoms with Crippen LogP contribution >= 0.6 is 0 Å². The lowest BCUT2D eigenvalue weighted by molar-refractivity contribution is -0.121. The maximum absolute atomic E-state index is 12.9. The molecule has 2 aliphatic heterocycles. The van der Waals surface area contributed by atoms with Gasteiger partial charge < -0.3 is 10.2 Å². The minimum absolute atomic E-state index is 0.00152. The topological polar surface area (TPSA) is 78.4 Å². The Labute approximate surface area is 147 Å². The van der Waals surface area contributed by atoms with E-state index in [1.54, 1.807) is 12.4 Å². The van der Waals surface area contributed by atoms with Crippen LogP contribution in [0.1, 0.15) is 54.2 Å². The summed E-state index contributed by atoms with van der Waals surface area (Å²) in [5.41, 5.74) is 0.439. The number of nitrogens with one attached hydrogen (secondary N) is 1. The third-order valence-corrected chi connectivity index (χ3v) is 5.88. The highest BCUT2D eigenvalue weighted by Crippen LogP contribution is 2.37. The molecule has 7 heteroatoms. The van der Waals surface area contributed by atoms with E-state index in [1.807, 2.05) is 4.90 Å². The molecule has 134 valence electrons. The van der Waals surface area contributed by atoms with Crippen LogP contribution < -0.4 is 5.32 Å². The molecule has 25 heavy (non-hydrogen) atoms. The Kier molecular flexibility index (Phi) is 4.19. The van der Waals surface area contributed by atoms with Gasteiger partial charge in [0.15, 0.2) is 0 Å². The molecule has 1 saturated carbocycles. The number of carbonyl (C=O) groups is 2. The molecule has 1 N–H and O–H groups in total. The predicted octanol–water partition coefficient (Wildman–Crippen LogP) is 0.780. The van der Waals surface area contributed by atoms with Crippen molar-refractivity contribution in [2.24, 2.45) is 0 Å². The smallest absolute Gasteiger partial charge is 0.257 e. The summed E-state index contributed by atoms with van der Waals surface area (Å²) in [6.07, 6.45) is 7.83. The molecule has 7 nitrogen and oxygen atoms in total. The molecule has 1 unspecified atom stereocenters. The number of hydrogen-bond donors (Lipinski definition) is 1.